The fraction of sp³-hybridized carbons (Fsp3) is 0.429. The number of rotatable bonds is 4. The van der Waals surface area contributed by atoms with Gasteiger partial charge in [0.15, 0.2) is 23.3 Å². The maximum Gasteiger partial charge on any atom is 0.331 e. The highest BCUT2D eigenvalue weighted by Gasteiger charge is 2.30. The third-order valence-electron chi connectivity index (χ3n) is 2.45. The quantitative estimate of drug-likeness (QED) is 0.332. The minimum absolute atomic E-state index is 0.102. The predicted molar refractivity (Wildman–Crippen MR) is 72.8 cm³/mol. The summed E-state index contributed by atoms with van der Waals surface area (Å²) in [6.45, 7) is 5.11. The summed E-state index contributed by atoms with van der Waals surface area (Å²) < 4.78 is 5.15. The average Bonchev–Trinajstić information content (AvgIpc) is 2.31. The number of carbonyl (C=O) groups is 2. The molecule has 6 heteroatoms. The van der Waals surface area contributed by atoms with Crippen molar-refractivity contribution < 1.29 is 24.5 Å². The van der Waals surface area contributed by atoms with E-state index in [9.17, 15) is 19.8 Å². The molecule has 0 spiro atoms. The second-order valence-corrected chi connectivity index (χ2v) is 5.32. The van der Waals surface area contributed by atoms with Gasteiger partial charge in [-0.25, -0.2) is 4.79 Å². The van der Waals surface area contributed by atoms with Gasteiger partial charge in [0.05, 0.1) is 0 Å². The van der Waals surface area contributed by atoms with Crippen LogP contribution >= 0.6 is 0 Å². The molecule has 0 heterocycles. The third kappa shape index (κ3) is 3.96. The van der Waals surface area contributed by atoms with Crippen LogP contribution in [0, 0.1) is 0 Å². The molecule has 1 aromatic carbocycles. The largest absolute Gasteiger partial charge is 0.504 e. The summed E-state index contributed by atoms with van der Waals surface area (Å²) in [6.07, 6.45) is 0. The van der Waals surface area contributed by atoms with E-state index in [0.717, 1.165) is 6.07 Å². The molecule has 0 bridgehead atoms. The second-order valence-electron chi connectivity index (χ2n) is 5.32. The van der Waals surface area contributed by atoms with Crippen LogP contribution in [0.2, 0.25) is 0 Å². The molecule has 0 aliphatic rings. The first-order valence-electron chi connectivity index (χ1n) is 6.12. The van der Waals surface area contributed by atoms with E-state index >= 15 is 0 Å². The number of Topliss-reactive ketones (excluding diaryl/α,β-unsaturated/α-hetero) is 1. The molecular weight excluding hydrogens is 262 g/mol. The third-order valence-corrected chi connectivity index (χ3v) is 2.45. The van der Waals surface area contributed by atoms with Crippen LogP contribution in [-0.4, -0.2) is 40.7 Å². The average molecular weight is 281 g/mol. The molecule has 0 amide bonds. The van der Waals surface area contributed by atoms with Crippen LogP contribution in [0.1, 0.15) is 31.1 Å². The number of phenols is 2. The van der Waals surface area contributed by atoms with Crippen LogP contribution in [0.3, 0.4) is 0 Å². The predicted octanol–water partition coefficient (Wildman–Crippen LogP) is 1.21. The highest BCUT2D eigenvalue weighted by molar-refractivity contribution is 6.12. The van der Waals surface area contributed by atoms with Gasteiger partial charge in [-0.3, -0.25) is 4.79 Å². The molecule has 1 rings (SSSR count). The Balaban J connectivity index is 2.97. The first-order valence-corrected chi connectivity index (χ1v) is 6.12. The van der Waals surface area contributed by atoms with Crippen molar-refractivity contribution in [3.63, 3.8) is 0 Å². The summed E-state index contributed by atoms with van der Waals surface area (Å²) >= 11 is 0. The topological polar surface area (TPSA) is 95.9 Å². The van der Waals surface area contributed by atoms with Gasteiger partial charge in [-0.05, 0) is 46.0 Å². The van der Waals surface area contributed by atoms with Crippen molar-refractivity contribution in [2.24, 2.45) is 0 Å². The molecular formula is C14H19NO5. The zero-order valence-electron chi connectivity index (χ0n) is 11.9. The molecule has 0 aliphatic carbocycles. The van der Waals surface area contributed by atoms with Crippen LogP contribution in [0.25, 0.3) is 0 Å². The van der Waals surface area contributed by atoms with Gasteiger partial charge in [0.1, 0.15) is 5.60 Å². The SMILES string of the molecule is CNC(C(=O)OC(C)(C)C)C(=O)c1ccc(O)c(O)c1. The number of likely N-dealkylation sites (N-methyl/N-ethyl adjacent to an activating group) is 1. The number of benzene rings is 1. The lowest BCUT2D eigenvalue weighted by Gasteiger charge is -2.23. The Morgan fingerprint density at radius 1 is 1.20 bits per heavy atom. The zero-order chi connectivity index (χ0) is 15.5. The smallest absolute Gasteiger partial charge is 0.331 e. The Labute approximate surface area is 117 Å². The van der Waals surface area contributed by atoms with Gasteiger partial charge in [-0.1, -0.05) is 0 Å². The van der Waals surface area contributed by atoms with Crippen LogP contribution in [0.15, 0.2) is 18.2 Å². The Morgan fingerprint density at radius 3 is 2.25 bits per heavy atom. The van der Waals surface area contributed by atoms with Gasteiger partial charge in [-0.15, -0.1) is 0 Å². The van der Waals surface area contributed by atoms with Crippen molar-refractivity contribution in [3.05, 3.63) is 23.8 Å². The van der Waals surface area contributed by atoms with Gasteiger partial charge < -0.3 is 20.3 Å². The van der Waals surface area contributed by atoms with Crippen LogP contribution in [0.4, 0.5) is 0 Å². The molecule has 0 saturated heterocycles. The molecule has 3 N–H and O–H groups in total. The number of hydrogen-bond donors (Lipinski definition) is 3. The number of aromatic hydroxyl groups is 2. The zero-order valence-corrected chi connectivity index (χ0v) is 11.9. The molecule has 1 unspecified atom stereocenters. The van der Waals surface area contributed by atoms with Crippen molar-refractivity contribution >= 4 is 11.8 Å². The number of ketones is 1. The first kappa shape index (κ1) is 16.0. The number of ether oxygens (including phenoxy) is 1. The van der Waals surface area contributed by atoms with Gasteiger partial charge in [0.25, 0.3) is 0 Å². The Morgan fingerprint density at radius 2 is 1.80 bits per heavy atom. The van der Waals surface area contributed by atoms with E-state index in [2.05, 4.69) is 5.32 Å². The number of esters is 1. The number of phenolic OH excluding ortho intramolecular Hbond substituents is 2. The molecule has 1 aromatic rings. The van der Waals surface area contributed by atoms with E-state index < -0.39 is 29.1 Å². The van der Waals surface area contributed by atoms with E-state index in [4.69, 9.17) is 4.74 Å². The number of hydrogen-bond acceptors (Lipinski definition) is 6. The van der Waals surface area contributed by atoms with Gasteiger partial charge in [0, 0.05) is 5.56 Å². The lowest BCUT2D eigenvalue weighted by atomic mass is 10.0. The van der Waals surface area contributed by atoms with Gasteiger partial charge in [0.2, 0.25) is 0 Å². The molecule has 0 aliphatic heterocycles. The summed E-state index contributed by atoms with van der Waals surface area (Å²) in [5.74, 6) is -2.00. The molecule has 0 saturated carbocycles. The van der Waals surface area contributed by atoms with Crippen LogP contribution in [-0.2, 0) is 9.53 Å². The Kier molecular flexibility index (Phi) is 4.73. The Bertz CT molecular complexity index is 519. The minimum atomic E-state index is -1.17. The first-order chi connectivity index (χ1) is 9.15. The molecule has 110 valence electrons. The van der Waals surface area contributed by atoms with E-state index in [-0.39, 0.29) is 11.3 Å². The standard InChI is InChI=1S/C14H19NO5/c1-14(2,3)20-13(19)11(15-4)12(18)8-5-6-9(16)10(17)7-8/h5-7,11,15-17H,1-4H3. The summed E-state index contributed by atoms with van der Waals surface area (Å²) in [5.41, 5.74) is -0.602. The normalized spacial score (nSPS) is 12.8. The van der Waals surface area contributed by atoms with Crippen molar-refractivity contribution in [2.45, 2.75) is 32.4 Å². The van der Waals surface area contributed by atoms with Crippen molar-refractivity contribution in [2.75, 3.05) is 7.05 Å². The molecule has 6 nitrogen and oxygen atoms in total. The fourth-order valence-electron chi connectivity index (χ4n) is 1.56. The van der Waals surface area contributed by atoms with Crippen molar-refractivity contribution in [1.29, 1.82) is 0 Å². The molecule has 20 heavy (non-hydrogen) atoms. The maximum absolute atomic E-state index is 12.2. The van der Waals surface area contributed by atoms with Gasteiger partial charge >= 0.3 is 5.97 Å². The van der Waals surface area contributed by atoms with Crippen LogP contribution in [0.5, 0.6) is 11.5 Å². The Hall–Kier alpha value is -2.08. The number of nitrogens with one attached hydrogen (secondary N) is 1. The summed E-state index contributed by atoms with van der Waals surface area (Å²) in [5, 5.41) is 21.2. The van der Waals surface area contributed by atoms with E-state index in [1.807, 2.05) is 0 Å². The van der Waals surface area contributed by atoms with E-state index in [1.54, 1.807) is 20.8 Å². The highest BCUT2D eigenvalue weighted by Crippen LogP contribution is 2.25. The summed E-state index contributed by atoms with van der Waals surface area (Å²) in [4.78, 5) is 24.1. The summed E-state index contributed by atoms with van der Waals surface area (Å²) in [7, 11) is 1.47. The lowest BCUT2D eigenvalue weighted by molar-refractivity contribution is -0.155. The van der Waals surface area contributed by atoms with E-state index in [1.165, 1.54) is 19.2 Å². The van der Waals surface area contributed by atoms with Gasteiger partial charge in [-0.2, -0.15) is 0 Å². The molecule has 0 aromatic heterocycles. The monoisotopic (exact) mass is 281 g/mol. The van der Waals surface area contributed by atoms with Crippen molar-refractivity contribution in [3.8, 4) is 11.5 Å². The molecule has 0 radical (unpaired) electrons. The number of carbonyl (C=O) groups excluding carboxylic acids is 2. The molecule has 0 fully saturated rings. The molecule has 1 atom stereocenters. The van der Waals surface area contributed by atoms with E-state index in [0.29, 0.717) is 0 Å². The van der Waals surface area contributed by atoms with Crippen LogP contribution < -0.4 is 5.32 Å². The van der Waals surface area contributed by atoms with Crippen molar-refractivity contribution in [1.82, 2.24) is 5.32 Å². The summed E-state index contributed by atoms with van der Waals surface area (Å²) in [6, 6.07) is 2.45. The minimum Gasteiger partial charge on any atom is -0.504 e. The lowest BCUT2D eigenvalue weighted by Crippen LogP contribution is -2.45. The maximum atomic E-state index is 12.2. The second kappa shape index (κ2) is 5.92. The fourth-order valence-corrected chi connectivity index (χ4v) is 1.56. The highest BCUT2D eigenvalue weighted by atomic mass is 16.6.